The molecule has 0 saturated carbocycles. The van der Waals surface area contributed by atoms with Crippen LogP contribution in [0, 0.1) is 13.8 Å². The Morgan fingerprint density at radius 3 is 2.47 bits per heavy atom. The van der Waals surface area contributed by atoms with E-state index in [1.54, 1.807) is 18.9 Å². The number of aromatic nitrogens is 4. The molecular formula is C26H26BrN5OS. The van der Waals surface area contributed by atoms with Gasteiger partial charge in [0.2, 0.25) is 5.16 Å². The highest BCUT2D eigenvalue weighted by Gasteiger charge is 2.22. The van der Waals surface area contributed by atoms with Gasteiger partial charge in [0.25, 0.3) is 0 Å². The molecular weight excluding hydrogens is 510 g/mol. The molecule has 6 nitrogen and oxygen atoms in total. The van der Waals surface area contributed by atoms with Gasteiger partial charge >= 0.3 is 0 Å². The summed E-state index contributed by atoms with van der Waals surface area (Å²) in [5.41, 5.74) is 7.25. The molecule has 0 aliphatic carbocycles. The Bertz CT molecular complexity index is 1340. The molecule has 0 radical (unpaired) electrons. The van der Waals surface area contributed by atoms with E-state index in [1.807, 2.05) is 28.9 Å². The van der Waals surface area contributed by atoms with Crippen LogP contribution >= 0.6 is 27.7 Å². The Labute approximate surface area is 212 Å². The molecule has 1 aliphatic heterocycles. The molecule has 0 atom stereocenters. The van der Waals surface area contributed by atoms with E-state index >= 15 is 0 Å². The van der Waals surface area contributed by atoms with Gasteiger partial charge in [0.15, 0.2) is 5.82 Å². The normalized spacial score (nSPS) is 13.0. The molecule has 0 bridgehead atoms. The Morgan fingerprint density at radius 1 is 1.00 bits per heavy atom. The smallest absolute Gasteiger partial charge is 0.212 e. The number of halogens is 1. The van der Waals surface area contributed by atoms with E-state index in [2.05, 4.69) is 74.9 Å². The summed E-state index contributed by atoms with van der Waals surface area (Å²) < 4.78 is 10.6. The van der Waals surface area contributed by atoms with Crippen molar-refractivity contribution < 1.29 is 4.74 Å². The largest absolute Gasteiger partial charge is 0.497 e. The van der Waals surface area contributed by atoms with Gasteiger partial charge in [-0.1, -0.05) is 52.0 Å². The summed E-state index contributed by atoms with van der Waals surface area (Å²) in [5, 5.41) is 14.6. The van der Waals surface area contributed by atoms with Crippen LogP contribution in [0.3, 0.4) is 0 Å². The number of hydrogen-bond acceptors (Lipinski definition) is 5. The van der Waals surface area contributed by atoms with E-state index in [4.69, 9.17) is 9.84 Å². The first kappa shape index (κ1) is 22.9. The summed E-state index contributed by atoms with van der Waals surface area (Å²) in [6.07, 6.45) is 1.66. The van der Waals surface area contributed by atoms with Gasteiger partial charge in [-0.2, -0.15) is 9.78 Å². The second-order valence-electron chi connectivity index (χ2n) is 8.38. The van der Waals surface area contributed by atoms with E-state index in [-0.39, 0.29) is 0 Å². The molecule has 4 aromatic rings. The molecule has 0 amide bonds. The van der Waals surface area contributed by atoms with Crippen LogP contribution in [0.15, 0.2) is 69.3 Å². The molecule has 8 heteroatoms. The standard InChI is InChI=1S/C26H26BrN5OS/c1-17-14-23(18(2)31(17)13-12-19-6-10-22(33-3)11-7-19)24-16-34-26-29-28-25(32(26)30-24)15-20-4-8-21(27)9-5-20/h4-11,14H,12-13,15-16H2,1-3H3. The van der Waals surface area contributed by atoms with Crippen LogP contribution in [0.4, 0.5) is 0 Å². The zero-order chi connectivity index (χ0) is 23.7. The maximum Gasteiger partial charge on any atom is 0.212 e. The van der Waals surface area contributed by atoms with E-state index in [1.165, 1.54) is 28.1 Å². The first-order valence-electron chi connectivity index (χ1n) is 11.2. The van der Waals surface area contributed by atoms with Crippen LogP contribution in [-0.2, 0) is 19.4 Å². The van der Waals surface area contributed by atoms with Crippen molar-refractivity contribution >= 4 is 33.4 Å². The van der Waals surface area contributed by atoms with Crippen LogP contribution in [0.25, 0.3) is 0 Å². The number of methoxy groups -OCH3 is 1. The highest BCUT2D eigenvalue weighted by Crippen LogP contribution is 2.27. The quantitative estimate of drug-likeness (QED) is 0.306. The van der Waals surface area contributed by atoms with Gasteiger partial charge in [-0.25, -0.2) is 0 Å². The predicted octanol–water partition coefficient (Wildman–Crippen LogP) is 5.66. The fraction of sp³-hybridized carbons (Fsp3) is 0.269. The molecule has 0 unspecified atom stereocenters. The minimum Gasteiger partial charge on any atom is -0.497 e. The molecule has 2 aromatic heterocycles. The SMILES string of the molecule is COc1ccc(CCn2c(C)cc(C3=Nn4c(Cc5ccc(Br)cc5)nnc4SC3)c2C)cc1. The second kappa shape index (κ2) is 9.80. The van der Waals surface area contributed by atoms with Crippen LogP contribution in [0.5, 0.6) is 5.75 Å². The maximum absolute atomic E-state index is 5.27. The van der Waals surface area contributed by atoms with Crippen molar-refractivity contribution in [2.75, 3.05) is 12.9 Å². The molecule has 0 N–H and O–H groups in total. The molecule has 174 valence electrons. The summed E-state index contributed by atoms with van der Waals surface area (Å²) in [7, 11) is 1.70. The minimum atomic E-state index is 0.693. The number of aryl methyl sites for hydroxylation is 2. The van der Waals surface area contributed by atoms with Crippen LogP contribution in [-0.4, -0.2) is 38.0 Å². The van der Waals surface area contributed by atoms with Crippen molar-refractivity contribution in [3.8, 4) is 5.75 Å². The lowest BCUT2D eigenvalue weighted by molar-refractivity contribution is 0.414. The zero-order valence-electron chi connectivity index (χ0n) is 19.5. The number of rotatable bonds is 7. The van der Waals surface area contributed by atoms with Crippen molar-refractivity contribution in [1.82, 2.24) is 19.4 Å². The van der Waals surface area contributed by atoms with Gasteiger partial charge in [0.05, 0.1) is 12.8 Å². The van der Waals surface area contributed by atoms with Crippen molar-refractivity contribution in [2.24, 2.45) is 5.10 Å². The number of benzene rings is 2. The Kier molecular flexibility index (Phi) is 6.61. The predicted molar refractivity (Wildman–Crippen MR) is 140 cm³/mol. The molecule has 2 aromatic carbocycles. The third kappa shape index (κ3) is 4.70. The number of fused-ring (bicyclic) bond motifs is 1. The molecule has 1 aliphatic rings. The minimum absolute atomic E-state index is 0.693. The Morgan fingerprint density at radius 2 is 1.74 bits per heavy atom. The van der Waals surface area contributed by atoms with E-state index in [0.717, 1.165) is 45.6 Å². The Balaban J connectivity index is 1.37. The average molecular weight is 536 g/mol. The summed E-state index contributed by atoms with van der Waals surface area (Å²) in [5.74, 6) is 2.54. The van der Waals surface area contributed by atoms with E-state index in [0.29, 0.717) is 6.42 Å². The summed E-state index contributed by atoms with van der Waals surface area (Å²) in [6, 6.07) is 18.9. The summed E-state index contributed by atoms with van der Waals surface area (Å²) >= 11 is 5.19. The Hall–Kier alpha value is -2.84. The number of ether oxygens (including phenoxy) is 1. The van der Waals surface area contributed by atoms with Gasteiger partial charge in [-0.05, 0) is 61.7 Å². The lowest BCUT2D eigenvalue weighted by Gasteiger charge is -2.15. The fourth-order valence-corrected chi connectivity index (χ4v) is 5.38. The molecule has 34 heavy (non-hydrogen) atoms. The monoisotopic (exact) mass is 535 g/mol. The summed E-state index contributed by atoms with van der Waals surface area (Å²) in [6.45, 7) is 5.29. The van der Waals surface area contributed by atoms with E-state index in [9.17, 15) is 0 Å². The van der Waals surface area contributed by atoms with Crippen LogP contribution in [0.2, 0.25) is 0 Å². The number of thioether (sulfide) groups is 1. The zero-order valence-corrected chi connectivity index (χ0v) is 21.9. The van der Waals surface area contributed by atoms with Gasteiger partial charge in [-0.3, -0.25) is 0 Å². The van der Waals surface area contributed by atoms with Gasteiger partial charge in [-0.15, -0.1) is 10.2 Å². The average Bonchev–Trinajstić information content (AvgIpc) is 3.38. The highest BCUT2D eigenvalue weighted by molar-refractivity contribution is 9.10. The van der Waals surface area contributed by atoms with Crippen LogP contribution < -0.4 is 4.74 Å². The number of hydrogen-bond donors (Lipinski definition) is 0. The van der Waals surface area contributed by atoms with Gasteiger partial charge in [0, 0.05) is 40.1 Å². The number of nitrogens with zero attached hydrogens (tertiary/aromatic N) is 5. The lowest BCUT2D eigenvalue weighted by atomic mass is 10.1. The fourth-order valence-electron chi connectivity index (χ4n) is 4.27. The highest BCUT2D eigenvalue weighted by atomic mass is 79.9. The summed E-state index contributed by atoms with van der Waals surface area (Å²) in [4.78, 5) is 0. The molecule has 3 heterocycles. The first-order valence-corrected chi connectivity index (χ1v) is 13.0. The molecule has 5 rings (SSSR count). The first-order chi connectivity index (χ1) is 16.5. The van der Waals surface area contributed by atoms with E-state index < -0.39 is 0 Å². The van der Waals surface area contributed by atoms with Crippen molar-refractivity contribution in [3.63, 3.8) is 0 Å². The molecule has 0 spiro atoms. The van der Waals surface area contributed by atoms with Crippen molar-refractivity contribution in [3.05, 3.63) is 93.0 Å². The van der Waals surface area contributed by atoms with Crippen LogP contribution in [0.1, 0.15) is 33.9 Å². The maximum atomic E-state index is 5.27. The van der Waals surface area contributed by atoms with Gasteiger partial charge in [0.1, 0.15) is 5.75 Å². The third-order valence-electron chi connectivity index (χ3n) is 6.18. The topological polar surface area (TPSA) is 57.2 Å². The third-order valence-corrected chi connectivity index (χ3v) is 7.64. The second-order valence-corrected chi connectivity index (χ2v) is 10.2. The van der Waals surface area contributed by atoms with Crippen molar-refractivity contribution in [2.45, 2.75) is 38.4 Å². The van der Waals surface area contributed by atoms with Crippen molar-refractivity contribution in [1.29, 1.82) is 0 Å². The molecule has 0 fully saturated rings. The molecule has 0 saturated heterocycles. The lowest BCUT2D eigenvalue weighted by Crippen LogP contribution is -2.16. The van der Waals surface area contributed by atoms with Gasteiger partial charge < -0.3 is 9.30 Å².